The normalized spacial score (nSPS) is 24.3. The van der Waals surface area contributed by atoms with Crippen molar-refractivity contribution in [2.24, 2.45) is 5.73 Å². The molecule has 0 unspecified atom stereocenters. The van der Waals surface area contributed by atoms with Crippen molar-refractivity contribution in [3.8, 4) is 0 Å². The van der Waals surface area contributed by atoms with E-state index >= 15 is 0 Å². The molecule has 1 aliphatic heterocycles. The molecule has 0 saturated heterocycles. The third kappa shape index (κ3) is 3.42. The van der Waals surface area contributed by atoms with Crippen molar-refractivity contribution in [3.63, 3.8) is 0 Å². The van der Waals surface area contributed by atoms with Crippen LogP contribution < -0.4 is 16.4 Å². The van der Waals surface area contributed by atoms with Crippen LogP contribution in [-0.4, -0.2) is 23.9 Å². The van der Waals surface area contributed by atoms with Gasteiger partial charge in [0.05, 0.1) is 12.8 Å². The molecule has 112 valence electrons. The molecule has 4 N–H and O–H groups in total. The lowest BCUT2D eigenvalue weighted by Gasteiger charge is -2.26. The van der Waals surface area contributed by atoms with Gasteiger partial charge >= 0.3 is 0 Å². The molecule has 21 heavy (non-hydrogen) atoms. The Hall–Kier alpha value is -1.88. The topological polar surface area (TPSA) is 84.2 Å². The van der Waals surface area contributed by atoms with E-state index in [-0.39, 0.29) is 17.9 Å². The summed E-state index contributed by atoms with van der Waals surface area (Å²) in [5.41, 5.74) is 8.67. The fourth-order valence-corrected chi connectivity index (χ4v) is 3.12. The van der Waals surface area contributed by atoms with Crippen LogP contribution in [0.3, 0.4) is 0 Å². The first kappa shape index (κ1) is 14.1. The van der Waals surface area contributed by atoms with Gasteiger partial charge in [0.1, 0.15) is 0 Å². The van der Waals surface area contributed by atoms with Crippen LogP contribution in [0, 0.1) is 0 Å². The van der Waals surface area contributed by atoms with E-state index in [0.29, 0.717) is 18.9 Å². The van der Waals surface area contributed by atoms with Crippen molar-refractivity contribution in [1.29, 1.82) is 0 Å². The summed E-state index contributed by atoms with van der Waals surface area (Å²) in [5.74, 6) is 0.0675. The van der Waals surface area contributed by atoms with Crippen LogP contribution >= 0.6 is 0 Å². The second kappa shape index (κ2) is 5.85. The molecule has 0 radical (unpaired) electrons. The van der Waals surface area contributed by atoms with Gasteiger partial charge in [0.2, 0.25) is 11.8 Å². The molecule has 3 rings (SSSR count). The zero-order chi connectivity index (χ0) is 14.8. The summed E-state index contributed by atoms with van der Waals surface area (Å²) in [6.07, 6.45) is 4.68. The second-order valence-corrected chi connectivity index (χ2v) is 6.07. The molecule has 0 atom stereocenters. The van der Waals surface area contributed by atoms with E-state index in [1.54, 1.807) is 0 Å². The van der Waals surface area contributed by atoms with E-state index in [1.165, 1.54) is 0 Å². The molecule has 0 bridgehead atoms. The minimum atomic E-state index is 0.0187. The fourth-order valence-electron chi connectivity index (χ4n) is 3.12. The highest BCUT2D eigenvalue weighted by Gasteiger charge is 2.21. The van der Waals surface area contributed by atoms with Gasteiger partial charge in [-0.25, -0.2) is 0 Å². The summed E-state index contributed by atoms with van der Waals surface area (Å²) < 4.78 is 0. The molecule has 1 fully saturated rings. The highest BCUT2D eigenvalue weighted by atomic mass is 16.2. The van der Waals surface area contributed by atoms with Gasteiger partial charge in [0.25, 0.3) is 0 Å². The highest BCUT2D eigenvalue weighted by Crippen LogP contribution is 2.24. The Morgan fingerprint density at radius 3 is 2.81 bits per heavy atom. The van der Waals surface area contributed by atoms with Gasteiger partial charge in [-0.05, 0) is 42.9 Å². The average Bonchev–Trinajstić information content (AvgIpc) is 2.80. The van der Waals surface area contributed by atoms with Crippen molar-refractivity contribution in [2.75, 3.05) is 5.32 Å². The number of fused-ring (bicyclic) bond motifs is 1. The van der Waals surface area contributed by atoms with E-state index in [9.17, 15) is 9.59 Å². The Balaban J connectivity index is 1.56. The minimum Gasteiger partial charge on any atom is -0.353 e. The lowest BCUT2D eigenvalue weighted by atomic mass is 9.91. The number of hydrogen-bond donors (Lipinski definition) is 3. The summed E-state index contributed by atoms with van der Waals surface area (Å²) >= 11 is 0. The number of anilines is 1. The van der Waals surface area contributed by atoms with Gasteiger partial charge in [0.15, 0.2) is 0 Å². The summed E-state index contributed by atoms with van der Waals surface area (Å²) in [6.45, 7) is 0. The maximum atomic E-state index is 12.1. The first-order chi connectivity index (χ1) is 10.1. The predicted octanol–water partition coefficient (Wildman–Crippen LogP) is 1.11. The standard InChI is InChI=1S/C16H21N3O2/c17-12-2-4-13(5-3-12)18-15(20)8-10-1-6-14-11(7-10)9-16(21)19-14/h1,6-7,12-13H,2-5,8-9,17H2,(H,18,20)(H,19,21)/t12-,13-. The van der Waals surface area contributed by atoms with Crippen LogP contribution in [0.25, 0.3) is 0 Å². The molecule has 5 nitrogen and oxygen atoms in total. The lowest BCUT2D eigenvalue weighted by molar-refractivity contribution is -0.121. The first-order valence-corrected chi connectivity index (χ1v) is 7.57. The number of nitrogens with one attached hydrogen (secondary N) is 2. The Bertz CT molecular complexity index is 563. The molecule has 2 aliphatic rings. The number of carbonyl (C=O) groups is 2. The SMILES string of the molecule is N[C@H]1CC[C@H](NC(=O)Cc2ccc3c(c2)CC(=O)N3)CC1. The van der Waals surface area contributed by atoms with Crippen molar-refractivity contribution in [3.05, 3.63) is 29.3 Å². The summed E-state index contributed by atoms with van der Waals surface area (Å²) in [4.78, 5) is 23.4. The molecule has 1 aromatic carbocycles. The largest absolute Gasteiger partial charge is 0.353 e. The van der Waals surface area contributed by atoms with Crippen molar-refractivity contribution in [2.45, 2.75) is 50.6 Å². The number of nitrogens with two attached hydrogens (primary N) is 1. The smallest absolute Gasteiger partial charge is 0.228 e. The summed E-state index contributed by atoms with van der Waals surface area (Å²) in [7, 11) is 0. The Labute approximate surface area is 124 Å². The van der Waals surface area contributed by atoms with E-state index in [1.807, 2.05) is 18.2 Å². The molecule has 2 amide bonds. The van der Waals surface area contributed by atoms with Gasteiger partial charge in [-0.15, -0.1) is 0 Å². The third-order valence-corrected chi connectivity index (χ3v) is 4.30. The number of benzene rings is 1. The molecule has 1 aliphatic carbocycles. The summed E-state index contributed by atoms with van der Waals surface area (Å²) in [6, 6.07) is 6.28. The van der Waals surface area contributed by atoms with Crippen LogP contribution in [0.1, 0.15) is 36.8 Å². The Kier molecular flexibility index (Phi) is 3.92. The third-order valence-electron chi connectivity index (χ3n) is 4.30. The van der Waals surface area contributed by atoms with Crippen molar-refractivity contribution in [1.82, 2.24) is 5.32 Å². The molecule has 0 aromatic heterocycles. The van der Waals surface area contributed by atoms with E-state index in [4.69, 9.17) is 5.73 Å². The first-order valence-electron chi connectivity index (χ1n) is 7.57. The maximum absolute atomic E-state index is 12.1. The van der Waals surface area contributed by atoms with Crippen LogP contribution in [-0.2, 0) is 22.4 Å². The van der Waals surface area contributed by atoms with E-state index < -0.39 is 0 Å². The number of carbonyl (C=O) groups excluding carboxylic acids is 2. The van der Waals surface area contributed by atoms with Crippen LogP contribution in [0.4, 0.5) is 5.69 Å². The van der Waals surface area contributed by atoms with Gasteiger partial charge in [0, 0.05) is 17.8 Å². The molecule has 1 saturated carbocycles. The molecule has 5 heteroatoms. The Morgan fingerprint density at radius 2 is 2.05 bits per heavy atom. The number of rotatable bonds is 3. The van der Waals surface area contributed by atoms with E-state index in [0.717, 1.165) is 42.5 Å². The monoisotopic (exact) mass is 287 g/mol. The second-order valence-electron chi connectivity index (χ2n) is 6.07. The van der Waals surface area contributed by atoms with Gasteiger partial charge in [-0.2, -0.15) is 0 Å². The lowest BCUT2D eigenvalue weighted by Crippen LogP contribution is -2.41. The molecule has 1 heterocycles. The molecule has 0 spiro atoms. The predicted molar refractivity (Wildman–Crippen MR) is 80.9 cm³/mol. The van der Waals surface area contributed by atoms with Crippen LogP contribution in [0.15, 0.2) is 18.2 Å². The molecule has 1 aromatic rings. The van der Waals surface area contributed by atoms with Gasteiger partial charge in [-0.3, -0.25) is 9.59 Å². The highest BCUT2D eigenvalue weighted by molar-refractivity contribution is 5.99. The quantitative estimate of drug-likeness (QED) is 0.778. The Morgan fingerprint density at radius 1 is 1.29 bits per heavy atom. The number of hydrogen-bond acceptors (Lipinski definition) is 3. The summed E-state index contributed by atoms with van der Waals surface area (Å²) in [5, 5.41) is 5.88. The zero-order valence-electron chi connectivity index (χ0n) is 12.0. The zero-order valence-corrected chi connectivity index (χ0v) is 12.0. The van der Waals surface area contributed by atoms with Crippen LogP contribution in [0.2, 0.25) is 0 Å². The molecular weight excluding hydrogens is 266 g/mol. The van der Waals surface area contributed by atoms with E-state index in [2.05, 4.69) is 10.6 Å². The maximum Gasteiger partial charge on any atom is 0.228 e. The fraction of sp³-hybridized carbons (Fsp3) is 0.500. The average molecular weight is 287 g/mol. The van der Waals surface area contributed by atoms with Crippen molar-refractivity contribution >= 4 is 17.5 Å². The molecular formula is C16H21N3O2. The van der Waals surface area contributed by atoms with Gasteiger partial charge in [-0.1, -0.05) is 12.1 Å². The van der Waals surface area contributed by atoms with Crippen LogP contribution in [0.5, 0.6) is 0 Å². The number of amides is 2. The van der Waals surface area contributed by atoms with Crippen molar-refractivity contribution < 1.29 is 9.59 Å². The minimum absolute atomic E-state index is 0.0187. The van der Waals surface area contributed by atoms with Gasteiger partial charge < -0.3 is 16.4 Å².